The van der Waals surface area contributed by atoms with E-state index in [0.717, 1.165) is 26.8 Å². The average Bonchev–Trinajstić information content (AvgIpc) is 2.84. The highest BCUT2D eigenvalue weighted by Crippen LogP contribution is 2.31. The van der Waals surface area contributed by atoms with Crippen LogP contribution in [0.3, 0.4) is 0 Å². The van der Waals surface area contributed by atoms with Crippen molar-refractivity contribution in [2.45, 2.75) is 13.8 Å². The van der Waals surface area contributed by atoms with Crippen LogP contribution in [0.25, 0.3) is 10.2 Å². The van der Waals surface area contributed by atoms with Crippen LogP contribution in [-0.2, 0) is 0 Å². The van der Waals surface area contributed by atoms with Gasteiger partial charge >= 0.3 is 0 Å². The van der Waals surface area contributed by atoms with Crippen LogP contribution in [0.2, 0.25) is 0 Å². The maximum atomic E-state index is 5.24. The fourth-order valence-electron chi connectivity index (χ4n) is 2.03. The molecule has 2 aromatic carbocycles. The first kappa shape index (κ1) is 12.9. The van der Waals surface area contributed by atoms with Crippen LogP contribution in [0.15, 0.2) is 36.4 Å². The Labute approximate surface area is 122 Å². The summed E-state index contributed by atoms with van der Waals surface area (Å²) in [5.41, 5.74) is 4.63. The fraction of sp³-hybridized carbons (Fsp3) is 0.188. The van der Waals surface area contributed by atoms with Crippen molar-refractivity contribution in [2.24, 2.45) is 0 Å². The van der Waals surface area contributed by atoms with Gasteiger partial charge in [-0.2, -0.15) is 0 Å². The van der Waals surface area contributed by atoms with Crippen LogP contribution in [0, 0.1) is 13.8 Å². The van der Waals surface area contributed by atoms with E-state index < -0.39 is 0 Å². The number of aryl methyl sites for hydroxylation is 2. The molecule has 102 valence electrons. The minimum Gasteiger partial charge on any atom is -0.497 e. The number of anilines is 2. The van der Waals surface area contributed by atoms with E-state index in [1.807, 2.05) is 18.2 Å². The molecule has 0 saturated carbocycles. The molecular weight excluding hydrogens is 268 g/mol. The molecule has 0 fully saturated rings. The minimum atomic E-state index is 0.860. The molecule has 4 heteroatoms. The molecule has 0 aliphatic carbocycles. The Morgan fingerprint density at radius 2 is 1.90 bits per heavy atom. The van der Waals surface area contributed by atoms with Gasteiger partial charge in [-0.3, -0.25) is 0 Å². The molecule has 1 N–H and O–H groups in total. The number of rotatable bonds is 3. The molecule has 3 nitrogen and oxygen atoms in total. The van der Waals surface area contributed by atoms with Gasteiger partial charge in [-0.15, -0.1) is 0 Å². The number of methoxy groups -OCH3 is 1. The predicted octanol–water partition coefficient (Wildman–Crippen LogP) is 4.67. The molecule has 1 aromatic heterocycles. The average molecular weight is 284 g/mol. The summed E-state index contributed by atoms with van der Waals surface area (Å²) in [4.78, 5) is 4.59. The monoisotopic (exact) mass is 284 g/mol. The summed E-state index contributed by atoms with van der Waals surface area (Å²) in [6.45, 7) is 4.23. The Hall–Kier alpha value is -2.07. The van der Waals surface area contributed by atoms with Gasteiger partial charge in [0, 0.05) is 5.69 Å². The van der Waals surface area contributed by atoms with Gasteiger partial charge in [0.15, 0.2) is 5.13 Å². The normalized spacial score (nSPS) is 10.8. The highest BCUT2D eigenvalue weighted by molar-refractivity contribution is 7.22. The molecule has 0 aliphatic rings. The second-order valence-corrected chi connectivity index (χ2v) is 5.81. The zero-order valence-electron chi connectivity index (χ0n) is 11.7. The number of hydrogen-bond donors (Lipinski definition) is 1. The van der Waals surface area contributed by atoms with Crippen molar-refractivity contribution in [1.29, 1.82) is 0 Å². The first-order valence-corrected chi connectivity index (χ1v) is 7.26. The van der Waals surface area contributed by atoms with Crippen LogP contribution < -0.4 is 10.1 Å². The van der Waals surface area contributed by atoms with Gasteiger partial charge in [-0.1, -0.05) is 17.4 Å². The van der Waals surface area contributed by atoms with Crippen molar-refractivity contribution in [3.63, 3.8) is 0 Å². The number of benzene rings is 2. The minimum absolute atomic E-state index is 0.860. The van der Waals surface area contributed by atoms with E-state index in [0.29, 0.717) is 0 Å². The topological polar surface area (TPSA) is 34.1 Å². The Balaban J connectivity index is 1.92. The molecular formula is C16H16N2OS. The third-order valence-corrected chi connectivity index (χ3v) is 4.29. The number of fused-ring (bicyclic) bond motifs is 1. The largest absolute Gasteiger partial charge is 0.497 e. The summed E-state index contributed by atoms with van der Waals surface area (Å²) < 4.78 is 6.36. The van der Waals surface area contributed by atoms with E-state index in [1.54, 1.807) is 18.4 Å². The van der Waals surface area contributed by atoms with E-state index in [4.69, 9.17) is 4.74 Å². The molecule has 0 saturated heterocycles. The Morgan fingerprint density at radius 1 is 1.05 bits per heavy atom. The van der Waals surface area contributed by atoms with Gasteiger partial charge < -0.3 is 10.1 Å². The van der Waals surface area contributed by atoms with E-state index in [2.05, 4.69) is 42.3 Å². The highest BCUT2D eigenvalue weighted by atomic mass is 32.1. The van der Waals surface area contributed by atoms with Crippen LogP contribution in [0.4, 0.5) is 10.8 Å². The standard InChI is InChI=1S/C16H16N2OS/c1-10-4-5-12(8-11(10)2)17-16-18-14-7-6-13(19-3)9-15(14)20-16/h4-9H,1-3H3,(H,17,18). The Kier molecular flexibility index (Phi) is 3.32. The summed E-state index contributed by atoms with van der Waals surface area (Å²) in [7, 11) is 1.68. The van der Waals surface area contributed by atoms with Crippen molar-refractivity contribution < 1.29 is 4.74 Å². The molecule has 0 aliphatic heterocycles. The van der Waals surface area contributed by atoms with Crippen molar-refractivity contribution in [2.75, 3.05) is 12.4 Å². The molecule has 0 bridgehead atoms. The SMILES string of the molecule is COc1ccc2nc(Nc3ccc(C)c(C)c3)sc2c1. The van der Waals surface area contributed by atoms with E-state index in [9.17, 15) is 0 Å². The van der Waals surface area contributed by atoms with Crippen LogP contribution in [0.1, 0.15) is 11.1 Å². The number of ether oxygens (including phenoxy) is 1. The summed E-state index contributed by atoms with van der Waals surface area (Å²) in [6, 6.07) is 12.3. The summed E-state index contributed by atoms with van der Waals surface area (Å²) in [6.07, 6.45) is 0. The molecule has 3 aromatic rings. The lowest BCUT2D eigenvalue weighted by Crippen LogP contribution is -1.90. The zero-order valence-corrected chi connectivity index (χ0v) is 12.5. The molecule has 0 amide bonds. The summed E-state index contributed by atoms with van der Waals surface area (Å²) in [5, 5.41) is 4.27. The molecule has 20 heavy (non-hydrogen) atoms. The van der Waals surface area contributed by atoms with Gasteiger partial charge in [0.2, 0.25) is 0 Å². The lowest BCUT2D eigenvalue weighted by Gasteiger charge is -2.05. The van der Waals surface area contributed by atoms with Gasteiger partial charge in [0.1, 0.15) is 5.75 Å². The maximum absolute atomic E-state index is 5.24. The smallest absolute Gasteiger partial charge is 0.188 e. The van der Waals surface area contributed by atoms with Crippen LogP contribution in [-0.4, -0.2) is 12.1 Å². The molecule has 0 radical (unpaired) electrons. The highest BCUT2D eigenvalue weighted by Gasteiger charge is 2.06. The predicted molar refractivity (Wildman–Crippen MR) is 85.4 cm³/mol. The number of thiazole rings is 1. The van der Waals surface area contributed by atoms with Crippen LogP contribution in [0.5, 0.6) is 5.75 Å². The molecule has 0 atom stereocenters. The molecule has 1 heterocycles. The molecule has 0 spiro atoms. The zero-order chi connectivity index (χ0) is 14.1. The Morgan fingerprint density at radius 3 is 2.65 bits per heavy atom. The first-order valence-electron chi connectivity index (χ1n) is 6.44. The van der Waals surface area contributed by atoms with Crippen molar-refractivity contribution in [1.82, 2.24) is 4.98 Å². The van der Waals surface area contributed by atoms with Crippen LogP contribution >= 0.6 is 11.3 Å². The van der Waals surface area contributed by atoms with Gasteiger partial charge in [-0.25, -0.2) is 4.98 Å². The Bertz CT molecular complexity index is 764. The van der Waals surface area contributed by atoms with E-state index >= 15 is 0 Å². The van der Waals surface area contributed by atoms with Crippen molar-refractivity contribution in [3.8, 4) is 5.75 Å². The fourth-order valence-corrected chi connectivity index (χ4v) is 2.94. The summed E-state index contributed by atoms with van der Waals surface area (Å²) >= 11 is 1.63. The van der Waals surface area contributed by atoms with Gasteiger partial charge in [-0.05, 0) is 55.3 Å². The number of nitrogens with zero attached hydrogens (tertiary/aromatic N) is 1. The first-order chi connectivity index (χ1) is 9.65. The van der Waals surface area contributed by atoms with E-state index in [1.165, 1.54) is 11.1 Å². The number of hydrogen-bond acceptors (Lipinski definition) is 4. The molecule has 3 rings (SSSR count). The third-order valence-electron chi connectivity index (χ3n) is 3.35. The quantitative estimate of drug-likeness (QED) is 0.759. The third kappa shape index (κ3) is 2.47. The van der Waals surface area contributed by atoms with Crippen molar-refractivity contribution in [3.05, 3.63) is 47.5 Å². The van der Waals surface area contributed by atoms with Crippen molar-refractivity contribution >= 4 is 32.4 Å². The maximum Gasteiger partial charge on any atom is 0.188 e. The molecule has 0 unspecified atom stereocenters. The number of aromatic nitrogens is 1. The summed E-state index contributed by atoms with van der Waals surface area (Å²) in [5.74, 6) is 0.860. The van der Waals surface area contributed by atoms with E-state index in [-0.39, 0.29) is 0 Å². The van der Waals surface area contributed by atoms with Gasteiger partial charge in [0.05, 0.1) is 17.3 Å². The van der Waals surface area contributed by atoms with Gasteiger partial charge in [0.25, 0.3) is 0 Å². The number of nitrogens with one attached hydrogen (secondary N) is 1. The second-order valence-electron chi connectivity index (χ2n) is 4.78. The lowest BCUT2D eigenvalue weighted by molar-refractivity contribution is 0.415. The lowest BCUT2D eigenvalue weighted by atomic mass is 10.1. The second kappa shape index (κ2) is 5.13.